The molecule has 0 saturated heterocycles. The highest BCUT2D eigenvalue weighted by molar-refractivity contribution is 7.86. The van der Waals surface area contributed by atoms with Crippen molar-refractivity contribution in [1.29, 1.82) is 0 Å². The van der Waals surface area contributed by atoms with Crippen LogP contribution in [0.5, 0.6) is 0 Å². The Hall–Kier alpha value is -2.35. The number of urea groups is 1. The average Bonchev–Trinajstić information content (AvgIpc) is 2.97. The summed E-state index contributed by atoms with van der Waals surface area (Å²) in [7, 11) is -1.60. The Morgan fingerprint density at radius 1 is 1.11 bits per heavy atom. The number of amides is 2. The zero-order valence-electron chi connectivity index (χ0n) is 15.3. The van der Waals surface area contributed by atoms with Crippen LogP contribution in [0.3, 0.4) is 0 Å². The van der Waals surface area contributed by atoms with Crippen LogP contribution in [0.15, 0.2) is 47.0 Å². The Kier molecular flexibility index (Phi) is 6.07. The van der Waals surface area contributed by atoms with E-state index in [0.717, 1.165) is 9.87 Å². The van der Waals surface area contributed by atoms with E-state index in [1.807, 2.05) is 19.1 Å². The molecule has 6 nitrogen and oxygen atoms in total. The van der Waals surface area contributed by atoms with Gasteiger partial charge in [0.2, 0.25) is 0 Å². The van der Waals surface area contributed by atoms with Crippen LogP contribution in [0.2, 0.25) is 10.0 Å². The highest BCUT2D eigenvalue weighted by Gasteiger charge is 2.25. The lowest BCUT2D eigenvalue weighted by Gasteiger charge is -2.20. The first-order valence-electron chi connectivity index (χ1n) is 8.21. The molecule has 0 aliphatic carbocycles. The number of aromatic nitrogens is 1. The minimum Gasteiger partial charge on any atom is -0.359 e. The molecule has 0 spiro atoms. The number of hydrogen-bond acceptors (Lipinski definition) is 4. The van der Waals surface area contributed by atoms with Gasteiger partial charge in [-0.15, -0.1) is 0 Å². The van der Waals surface area contributed by atoms with E-state index in [9.17, 15) is 9.00 Å². The predicted octanol–water partition coefficient (Wildman–Crippen LogP) is 5.60. The molecule has 9 heteroatoms. The van der Waals surface area contributed by atoms with Crippen LogP contribution < -0.4 is 9.62 Å². The molecule has 1 heterocycles. The molecule has 146 valence electrons. The number of anilines is 2. The number of nitrogens with zero attached hydrogens (tertiary/aromatic N) is 2. The maximum absolute atomic E-state index is 12.9. The summed E-state index contributed by atoms with van der Waals surface area (Å²) in [6, 6.07) is 11.6. The Labute approximate surface area is 175 Å². The molecule has 28 heavy (non-hydrogen) atoms. The number of halogens is 2. The molecule has 0 saturated carbocycles. The van der Waals surface area contributed by atoms with E-state index in [1.54, 1.807) is 37.3 Å². The largest absolute Gasteiger partial charge is 0.359 e. The summed E-state index contributed by atoms with van der Waals surface area (Å²) >= 11 is 12.5. The quantitative estimate of drug-likeness (QED) is 0.576. The fraction of sp³-hybridized carbons (Fsp3) is 0.158. The Bertz CT molecular complexity index is 1030. The van der Waals surface area contributed by atoms with Crippen LogP contribution in [0.4, 0.5) is 16.2 Å². The summed E-state index contributed by atoms with van der Waals surface area (Å²) in [4.78, 5) is 12.9. The summed E-state index contributed by atoms with van der Waals surface area (Å²) in [6.45, 7) is 3.58. The van der Waals surface area contributed by atoms with E-state index in [1.165, 1.54) is 6.26 Å². The fourth-order valence-corrected chi connectivity index (χ4v) is 3.91. The first kappa shape index (κ1) is 20.4. The third kappa shape index (κ3) is 4.06. The minimum atomic E-state index is -1.60. The molecule has 2 aromatic carbocycles. The van der Waals surface area contributed by atoms with E-state index in [0.29, 0.717) is 38.4 Å². The highest BCUT2D eigenvalue weighted by atomic mass is 35.5. The van der Waals surface area contributed by atoms with E-state index in [2.05, 4.69) is 10.5 Å². The minimum absolute atomic E-state index is 0.298. The Balaban J connectivity index is 1.99. The highest BCUT2D eigenvalue weighted by Crippen LogP contribution is 2.39. The van der Waals surface area contributed by atoms with Gasteiger partial charge >= 0.3 is 6.03 Å². The van der Waals surface area contributed by atoms with Gasteiger partial charge in [-0.2, -0.15) is 0 Å². The van der Waals surface area contributed by atoms with Crippen LogP contribution >= 0.6 is 23.2 Å². The summed E-state index contributed by atoms with van der Waals surface area (Å²) in [6.07, 6.45) is 1.42. The first-order chi connectivity index (χ1) is 13.3. The van der Waals surface area contributed by atoms with Gasteiger partial charge in [0, 0.05) is 11.8 Å². The molecule has 2 amide bonds. The number of benzene rings is 2. The van der Waals surface area contributed by atoms with Gasteiger partial charge in [-0.1, -0.05) is 52.1 Å². The van der Waals surface area contributed by atoms with Crippen LogP contribution in [-0.4, -0.2) is 21.7 Å². The zero-order valence-corrected chi connectivity index (χ0v) is 17.7. The second-order valence-corrected chi connectivity index (χ2v) is 8.07. The summed E-state index contributed by atoms with van der Waals surface area (Å²) < 4.78 is 18.6. The molecule has 0 bridgehead atoms. The van der Waals surface area contributed by atoms with Crippen molar-refractivity contribution in [2.24, 2.45) is 0 Å². The average molecular weight is 438 g/mol. The second kappa shape index (κ2) is 8.34. The maximum atomic E-state index is 12.9. The number of carbonyl (C=O) groups is 1. The van der Waals surface area contributed by atoms with E-state index < -0.39 is 17.0 Å². The van der Waals surface area contributed by atoms with E-state index in [-0.39, 0.29) is 0 Å². The topological polar surface area (TPSA) is 75.4 Å². The molecule has 0 fully saturated rings. The number of carbonyl (C=O) groups excluding carboxylic acids is 1. The third-order valence-corrected chi connectivity index (χ3v) is 5.53. The first-order valence-corrected chi connectivity index (χ1v) is 10.5. The molecule has 0 aliphatic heterocycles. The van der Waals surface area contributed by atoms with Crippen molar-refractivity contribution in [3.63, 3.8) is 0 Å². The smallest absolute Gasteiger partial charge is 0.338 e. The summed E-state index contributed by atoms with van der Waals surface area (Å²) in [5.41, 5.74) is 2.57. The molecule has 1 unspecified atom stereocenters. The SMILES string of the molecule is Cc1ccc(N(C(=O)Nc2c(-c3c(Cl)cccc3Cl)noc2C)S(C)=O)cc1. The van der Waals surface area contributed by atoms with E-state index in [4.69, 9.17) is 27.7 Å². The van der Waals surface area contributed by atoms with Crippen LogP contribution in [0.1, 0.15) is 11.3 Å². The Morgan fingerprint density at radius 2 is 1.71 bits per heavy atom. The van der Waals surface area contributed by atoms with Gasteiger partial charge in [-0.3, -0.25) is 0 Å². The van der Waals surface area contributed by atoms with Crippen molar-refractivity contribution in [2.45, 2.75) is 13.8 Å². The van der Waals surface area contributed by atoms with Gasteiger partial charge in [-0.25, -0.2) is 13.3 Å². The van der Waals surface area contributed by atoms with Crippen molar-refractivity contribution in [3.05, 3.63) is 63.8 Å². The molecule has 1 aromatic heterocycles. The fourth-order valence-electron chi connectivity index (χ4n) is 2.63. The standard InChI is InChI=1S/C19H17Cl2N3O3S/c1-11-7-9-13(10-8-11)24(28(3)26)19(25)22-17-12(2)27-23-18(17)16-14(20)5-4-6-15(16)21/h4-10H,1-3H3,(H,22,25). The van der Waals surface area contributed by atoms with Crippen LogP contribution in [-0.2, 0) is 11.0 Å². The Morgan fingerprint density at radius 3 is 2.29 bits per heavy atom. The van der Waals surface area contributed by atoms with Crippen molar-refractivity contribution >= 4 is 51.6 Å². The zero-order chi connectivity index (χ0) is 20.4. The molecule has 3 rings (SSSR count). The lowest BCUT2D eigenvalue weighted by Crippen LogP contribution is -2.36. The van der Waals surface area contributed by atoms with Crippen LogP contribution in [0.25, 0.3) is 11.3 Å². The number of nitrogens with one attached hydrogen (secondary N) is 1. The maximum Gasteiger partial charge on any atom is 0.338 e. The third-order valence-electron chi connectivity index (χ3n) is 4.00. The molecular formula is C19H17Cl2N3O3S. The molecule has 1 atom stereocenters. The van der Waals surface area contributed by atoms with E-state index >= 15 is 0 Å². The monoisotopic (exact) mass is 437 g/mol. The molecule has 0 radical (unpaired) electrons. The van der Waals surface area contributed by atoms with Gasteiger partial charge in [0.1, 0.15) is 22.4 Å². The van der Waals surface area contributed by atoms with Gasteiger partial charge < -0.3 is 9.84 Å². The van der Waals surface area contributed by atoms with Crippen LogP contribution in [0, 0.1) is 13.8 Å². The lowest BCUT2D eigenvalue weighted by atomic mass is 10.1. The molecule has 0 aliphatic rings. The normalized spacial score (nSPS) is 11.9. The number of aryl methyl sites for hydroxylation is 2. The second-order valence-electron chi connectivity index (χ2n) is 6.04. The van der Waals surface area contributed by atoms with Crippen molar-refractivity contribution in [3.8, 4) is 11.3 Å². The molecule has 1 N–H and O–H groups in total. The van der Waals surface area contributed by atoms with Gasteiger partial charge in [-0.05, 0) is 38.1 Å². The number of rotatable bonds is 4. The summed E-state index contributed by atoms with van der Waals surface area (Å²) in [5.74, 6) is 0.366. The lowest BCUT2D eigenvalue weighted by molar-refractivity contribution is 0.260. The number of hydrogen-bond donors (Lipinski definition) is 1. The summed E-state index contributed by atoms with van der Waals surface area (Å²) in [5, 5.41) is 7.46. The molecular weight excluding hydrogens is 421 g/mol. The van der Waals surface area contributed by atoms with Crippen molar-refractivity contribution < 1.29 is 13.5 Å². The van der Waals surface area contributed by atoms with Gasteiger partial charge in [0.05, 0.1) is 15.7 Å². The van der Waals surface area contributed by atoms with Crippen molar-refractivity contribution in [2.75, 3.05) is 15.9 Å². The van der Waals surface area contributed by atoms with Crippen molar-refractivity contribution in [1.82, 2.24) is 5.16 Å². The van der Waals surface area contributed by atoms with Gasteiger partial charge in [0.25, 0.3) is 0 Å². The van der Waals surface area contributed by atoms with Gasteiger partial charge in [0.15, 0.2) is 5.76 Å². The predicted molar refractivity (Wildman–Crippen MR) is 113 cm³/mol. The molecule has 3 aromatic rings.